The number of allylic oxidation sites excluding steroid dienone is 6. The molecule has 3 aliphatic heterocycles. The van der Waals surface area contributed by atoms with Gasteiger partial charge in [-0.15, -0.1) is 0 Å². The molecule has 3 N–H and O–H groups in total. The van der Waals surface area contributed by atoms with E-state index in [1.54, 1.807) is 18.2 Å². The highest BCUT2D eigenvalue weighted by Gasteiger charge is 2.50. The lowest BCUT2D eigenvalue weighted by Crippen LogP contribution is -2.55. The van der Waals surface area contributed by atoms with Crippen LogP contribution in [0.2, 0.25) is 0 Å². The third-order valence-electron chi connectivity index (χ3n) is 12.5. The Labute approximate surface area is 384 Å². The van der Waals surface area contributed by atoms with Crippen LogP contribution in [0.25, 0.3) is 0 Å². The van der Waals surface area contributed by atoms with Gasteiger partial charge in [-0.05, 0) is 50.5 Å². The van der Waals surface area contributed by atoms with Crippen LogP contribution < -0.4 is 0 Å². The highest BCUT2D eigenvalue weighted by Crippen LogP contribution is 2.42. The number of aliphatic hydroxyl groups excluding tert-OH is 3. The monoisotopic (exact) mass is 895 g/mol. The van der Waals surface area contributed by atoms with Crippen LogP contribution in [-0.2, 0) is 38.1 Å². The lowest BCUT2D eigenvalue weighted by atomic mass is 9.73. The maximum atomic E-state index is 13.5. The fourth-order valence-electron chi connectivity index (χ4n) is 8.27. The molecule has 11 nitrogen and oxygen atoms in total. The predicted molar refractivity (Wildman–Crippen MR) is 252 cm³/mol. The molecule has 2 fully saturated rings. The van der Waals surface area contributed by atoms with Crippen molar-refractivity contribution in [2.45, 2.75) is 200 Å². The minimum Gasteiger partial charge on any atom is -0.465 e. The highest BCUT2D eigenvalue weighted by molar-refractivity contribution is 5.82. The summed E-state index contributed by atoms with van der Waals surface area (Å²) in [6.07, 6.45) is 28.8. The van der Waals surface area contributed by atoms with Crippen molar-refractivity contribution >= 4 is 17.9 Å². The number of hydrogen-bond donors (Lipinski definition) is 3. The molecule has 0 aromatic heterocycles. The molecule has 0 radical (unpaired) electrons. The maximum Gasteiger partial charge on any atom is 0.335 e. The second-order valence-corrected chi connectivity index (χ2v) is 18.8. The molecule has 4 bridgehead atoms. The largest absolute Gasteiger partial charge is 0.465 e. The number of hydrogen-bond acceptors (Lipinski definition) is 11. The van der Waals surface area contributed by atoms with Crippen molar-refractivity contribution in [2.75, 3.05) is 13.2 Å². The molecule has 0 aliphatic carbocycles. The van der Waals surface area contributed by atoms with E-state index < -0.39 is 54.0 Å². The molecule has 0 spiro atoms. The third-order valence-corrected chi connectivity index (χ3v) is 12.5. The van der Waals surface area contributed by atoms with Gasteiger partial charge >= 0.3 is 17.9 Å². The number of carbonyl (C=O) groups is 3. The molecular formula is C53H82O11. The minimum absolute atomic E-state index is 0.0234. The van der Waals surface area contributed by atoms with E-state index in [9.17, 15) is 29.7 Å². The first-order valence-electron chi connectivity index (χ1n) is 24.2. The van der Waals surface area contributed by atoms with Gasteiger partial charge in [0, 0.05) is 37.7 Å². The van der Waals surface area contributed by atoms with Gasteiger partial charge in [0.1, 0.15) is 19.3 Å². The van der Waals surface area contributed by atoms with Crippen LogP contribution in [-0.4, -0.2) is 95.3 Å². The molecule has 3 heterocycles. The Hall–Kier alpha value is -3.61. The van der Waals surface area contributed by atoms with Crippen LogP contribution in [0.1, 0.15) is 151 Å². The normalized spacial score (nSPS) is 30.6. The quantitative estimate of drug-likeness (QED) is 0.0411. The SMILES string of the molecule is C=C(COC(=O)[C@H](O)C/C=C\C[C@@H]1O[C@@H]2/C=C/C/C=C\C(C)=C\[C@H]3O[C@@H](C/C=C/C=C\C(=O)O[C@H](C2)[C@@]1(C)COC(=O)CCCCCCCCCCC)C[C@H](O)[C@H]3C)[C@H](O)CC(C)C. The topological polar surface area (TPSA) is 158 Å². The summed E-state index contributed by atoms with van der Waals surface area (Å²) in [5.41, 5.74) is 0.448. The zero-order valence-corrected chi connectivity index (χ0v) is 39.9. The molecule has 2 saturated heterocycles. The Balaban J connectivity index is 1.79. The van der Waals surface area contributed by atoms with Crippen molar-refractivity contribution in [2.24, 2.45) is 17.3 Å². The Bertz CT molecular complexity index is 1610. The minimum atomic E-state index is -1.43. The molecule has 0 aromatic carbocycles. The first-order valence-corrected chi connectivity index (χ1v) is 24.2. The molecule has 0 saturated carbocycles. The van der Waals surface area contributed by atoms with Crippen molar-refractivity contribution in [3.05, 3.63) is 84.6 Å². The van der Waals surface area contributed by atoms with Crippen molar-refractivity contribution in [3.63, 3.8) is 0 Å². The maximum absolute atomic E-state index is 13.5. The van der Waals surface area contributed by atoms with E-state index in [1.807, 2.05) is 71.1 Å². The van der Waals surface area contributed by atoms with Crippen LogP contribution in [0.4, 0.5) is 0 Å². The number of fused-ring (bicyclic) bond motifs is 4. The summed E-state index contributed by atoms with van der Waals surface area (Å²) in [5.74, 6) is -1.48. The van der Waals surface area contributed by atoms with Gasteiger partial charge < -0.3 is 39.0 Å². The van der Waals surface area contributed by atoms with Crippen LogP contribution in [0.5, 0.6) is 0 Å². The van der Waals surface area contributed by atoms with E-state index in [-0.39, 0.29) is 49.6 Å². The fourth-order valence-corrected chi connectivity index (χ4v) is 8.27. The molecule has 10 atom stereocenters. The average molecular weight is 895 g/mol. The summed E-state index contributed by atoms with van der Waals surface area (Å²) in [6.45, 7) is 15.7. The van der Waals surface area contributed by atoms with Gasteiger partial charge in [-0.25, -0.2) is 9.59 Å². The van der Waals surface area contributed by atoms with Crippen LogP contribution in [0, 0.1) is 17.3 Å². The Morgan fingerprint density at radius 1 is 0.938 bits per heavy atom. The van der Waals surface area contributed by atoms with E-state index >= 15 is 0 Å². The van der Waals surface area contributed by atoms with Crippen LogP contribution in [0.3, 0.4) is 0 Å². The predicted octanol–water partition coefficient (Wildman–Crippen LogP) is 9.85. The number of esters is 3. The van der Waals surface area contributed by atoms with E-state index in [2.05, 4.69) is 19.6 Å². The lowest BCUT2D eigenvalue weighted by Gasteiger charge is -2.47. The van der Waals surface area contributed by atoms with E-state index in [1.165, 1.54) is 44.6 Å². The molecule has 0 unspecified atom stereocenters. The smallest absolute Gasteiger partial charge is 0.335 e. The van der Waals surface area contributed by atoms with Gasteiger partial charge in [-0.3, -0.25) is 4.79 Å². The average Bonchev–Trinajstić information content (AvgIpc) is 3.25. The highest BCUT2D eigenvalue weighted by atomic mass is 16.6. The van der Waals surface area contributed by atoms with E-state index in [4.69, 9.17) is 23.7 Å². The zero-order chi connectivity index (χ0) is 46.9. The molecule has 360 valence electrons. The second kappa shape index (κ2) is 29.8. The van der Waals surface area contributed by atoms with Crippen LogP contribution >= 0.6 is 0 Å². The number of aliphatic hydroxyl groups is 3. The second-order valence-electron chi connectivity index (χ2n) is 18.8. The Morgan fingerprint density at radius 3 is 2.38 bits per heavy atom. The van der Waals surface area contributed by atoms with Gasteiger partial charge in [-0.2, -0.15) is 0 Å². The first-order chi connectivity index (χ1) is 30.6. The summed E-state index contributed by atoms with van der Waals surface area (Å²) in [6, 6.07) is 0. The van der Waals surface area contributed by atoms with Gasteiger partial charge in [0.15, 0.2) is 6.10 Å². The number of ether oxygens (including phenoxy) is 5. The van der Waals surface area contributed by atoms with E-state index in [0.717, 1.165) is 24.8 Å². The molecule has 64 heavy (non-hydrogen) atoms. The number of rotatable bonds is 22. The Morgan fingerprint density at radius 2 is 1.66 bits per heavy atom. The Kier molecular flexibility index (Phi) is 25.5. The first kappa shape index (κ1) is 54.7. The van der Waals surface area contributed by atoms with Crippen molar-refractivity contribution in [3.8, 4) is 0 Å². The summed E-state index contributed by atoms with van der Waals surface area (Å²) < 4.78 is 30.5. The molecule has 0 amide bonds. The lowest BCUT2D eigenvalue weighted by molar-refractivity contribution is -0.204. The summed E-state index contributed by atoms with van der Waals surface area (Å²) in [5, 5.41) is 31.7. The van der Waals surface area contributed by atoms with Gasteiger partial charge in [0.25, 0.3) is 0 Å². The van der Waals surface area contributed by atoms with Gasteiger partial charge in [0.05, 0.1) is 42.0 Å². The molecule has 0 aromatic rings. The molecular weight excluding hydrogens is 813 g/mol. The van der Waals surface area contributed by atoms with E-state index in [0.29, 0.717) is 50.5 Å². The summed E-state index contributed by atoms with van der Waals surface area (Å²) in [4.78, 5) is 39.3. The number of carbonyl (C=O) groups excluding carboxylic acids is 3. The fraction of sp³-hybridized carbons (Fsp3) is 0.679. The van der Waals surface area contributed by atoms with Crippen molar-refractivity contribution in [1.29, 1.82) is 0 Å². The van der Waals surface area contributed by atoms with Crippen LogP contribution in [0.15, 0.2) is 84.6 Å². The summed E-state index contributed by atoms with van der Waals surface area (Å²) in [7, 11) is 0. The zero-order valence-electron chi connectivity index (χ0n) is 39.9. The molecule has 3 rings (SSSR count). The van der Waals surface area contributed by atoms with Gasteiger partial charge in [0.2, 0.25) is 0 Å². The number of unbranched alkanes of at least 4 members (excludes halogenated alkanes) is 8. The molecule has 11 heteroatoms. The standard InChI is InChI=1S/C53H82O11/c1-8-9-10-11-12-13-14-15-21-30-50(57)61-37-53(7)48(29-24-23-28-44(54)52(59)60-36-40(5)45(55)32-38(2)3)63-43-27-19-16-18-25-39(4)33-47-41(6)46(56)34-42(62-47)26-20-17-22-31-51(58)64-49(53)35-43/h17-20,22-25,27,31,33,38,41-49,54-56H,5,8-16,21,26,28-30,32,34-37H2,1-4,6-7H3/b20-17+,24-23-,25-18-,27-19+,31-22-,39-33+/t41-,42+,43-,44-,45-,46+,47-,48+,49-,53+/m1/s1. The van der Waals surface area contributed by atoms with Crippen molar-refractivity contribution < 1.29 is 53.4 Å². The van der Waals surface area contributed by atoms with Crippen molar-refractivity contribution in [1.82, 2.24) is 0 Å². The van der Waals surface area contributed by atoms with Gasteiger partial charge in [-0.1, -0.05) is 159 Å². The third kappa shape index (κ3) is 20.3. The molecule has 3 aliphatic rings. The summed E-state index contributed by atoms with van der Waals surface area (Å²) >= 11 is 0.